The van der Waals surface area contributed by atoms with Crippen LogP contribution in [0, 0.1) is 22.5 Å². The first-order valence-electron chi connectivity index (χ1n) is 10.6. The number of terminal acetylenes is 1. The molecule has 1 saturated carbocycles. The second-order valence-corrected chi connectivity index (χ2v) is 8.72. The molecule has 33 heavy (non-hydrogen) atoms. The van der Waals surface area contributed by atoms with Gasteiger partial charge in [0.1, 0.15) is 12.4 Å². The van der Waals surface area contributed by atoms with E-state index in [1.165, 1.54) is 29.4 Å². The minimum absolute atomic E-state index is 0.0763. The van der Waals surface area contributed by atoms with E-state index in [1.807, 2.05) is 12.1 Å². The normalized spacial score (nSPS) is 14.4. The van der Waals surface area contributed by atoms with E-state index in [0.717, 1.165) is 30.2 Å². The van der Waals surface area contributed by atoms with Gasteiger partial charge in [-0.3, -0.25) is 14.9 Å². The molecule has 1 fully saturated rings. The van der Waals surface area contributed by atoms with Gasteiger partial charge in [0.2, 0.25) is 0 Å². The van der Waals surface area contributed by atoms with E-state index in [2.05, 4.69) is 27.0 Å². The largest absolute Gasteiger partial charge is 0.474 e. The summed E-state index contributed by atoms with van der Waals surface area (Å²) in [5, 5.41) is 16.3. The molecule has 0 saturated heterocycles. The molecule has 0 atom stereocenters. The van der Waals surface area contributed by atoms with E-state index in [-0.39, 0.29) is 29.5 Å². The second-order valence-electron chi connectivity index (χ2n) is 7.81. The highest BCUT2D eigenvalue weighted by molar-refractivity contribution is 9.10. The zero-order valence-corrected chi connectivity index (χ0v) is 19.3. The quantitative estimate of drug-likeness (QED) is 0.201. The SMILES string of the molecule is C#CCOc1ccc(C=Nn2c(C3CCCCC3)nc3ccc(Br)cc3c2=O)cc1[N+](=O)[O-]. The first-order chi connectivity index (χ1) is 16.0. The van der Waals surface area contributed by atoms with Crippen molar-refractivity contribution in [3.05, 3.63) is 72.7 Å². The summed E-state index contributed by atoms with van der Waals surface area (Å²) in [6.45, 7) is -0.0767. The molecule has 9 heteroatoms. The zero-order valence-electron chi connectivity index (χ0n) is 17.7. The number of aromatic nitrogens is 2. The Labute approximate surface area is 198 Å². The molecule has 4 rings (SSSR count). The standard InChI is InChI=1S/C24H21BrN4O4/c1-2-12-33-22-11-8-16(13-21(22)29(31)32)15-26-28-23(17-6-4-3-5-7-17)27-20-10-9-18(25)14-19(20)24(28)30/h1,8-11,13-15,17H,3-7,12H2. The van der Waals surface area contributed by atoms with E-state index in [0.29, 0.717) is 22.3 Å². The highest BCUT2D eigenvalue weighted by atomic mass is 79.9. The number of nitrogens with zero attached hydrogens (tertiary/aromatic N) is 4. The van der Waals surface area contributed by atoms with Crippen LogP contribution in [0.1, 0.15) is 49.4 Å². The van der Waals surface area contributed by atoms with Crippen LogP contribution in [0.15, 0.2) is 50.8 Å². The lowest BCUT2D eigenvalue weighted by Gasteiger charge is -2.22. The second kappa shape index (κ2) is 9.96. The van der Waals surface area contributed by atoms with Crippen molar-refractivity contribution in [3.63, 3.8) is 0 Å². The molecule has 0 bridgehead atoms. The maximum atomic E-state index is 13.4. The molecular weight excluding hydrogens is 488 g/mol. The molecule has 2 aromatic carbocycles. The maximum absolute atomic E-state index is 13.4. The highest BCUT2D eigenvalue weighted by Gasteiger charge is 2.22. The van der Waals surface area contributed by atoms with Gasteiger partial charge in [-0.25, -0.2) is 4.98 Å². The first-order valence-corrected chi connectivity index (χ1v) is 11.4. The van der Waals surface area contributed by atoms with Gasteiger partial charge < -0.3 is 4.74 Å². The Hall–Kier alpha value is -3.51. The molecule has 0 N–H and O–H groups in total. The van der Waals surface area contributed by atoms with Crippen LogP contribution in [0.5, 0.6) is 5.75 Å². The number of nitro groups is 1. The van der Waals surface area contributed by atoms with Crippen LogP contribution in [0.2, 0.25) is 0 Å². The molecule has 3 aromatic rings. The lowest BCUT2D eigenvalue weighted by atomic mass is 9.88. The summed E-state index contributed by atoms with van der Waals surface area (Å²) in [6.07, 6.45) is 11.8. The Morgan fingerprint density at radius 1 is 1.27 bits per heavy atom. The van der Waals surface area contributed by atoms with Crippen LogP contribution in [0.25, 0.3) is 10.9 Å². The third-order valence-electron chi connectivity index (χ3n) is 5.62. The van der Waals surface area contributed by atoms with Crippen LogP contribution in [0.3, 0.4) is 0 Å². The van der Waals surface area contributed by atoms with Crippen molar-refractivity contribution < 1.29 is 9.66 Å². The number of rotatable bonds is 6. The summed E-state index contributed by atoms with van der Waals surface area (Å²) in [5.41, 5.74) is 0.572. The third kappa shape index (κ3) is 4.96. The number of fused-ring (bicyclic) bond motifs is 1. The Morgan fingerprint density at radius 2 is 2.06 bits per heavy atom. The Bertz CT molecular complexity index is 1340. The maximum Gasteiger partial charge on any atom is 0.311 e. The summed E-state index contributed by atoms with van der Waals surface area (Å²) in [4.78, 5) is 29.1. The Kier molecular flexibility index (Phi) is 6.84. The Balaban J connectivity index is 1.79. The average Bonchev–Trinajstić information content (AvgIpc) is 2.83. The number of halogens is 1. The van der Waals surface area contributed by atoms with Gasteiger partial charge in [0.15, 0.2) is 5.75 Å². The van der Waals surface area contributed by atoms with Gasteiger partial charge in [0.05, 0.1) is 22.0 Å². The van der Waals surface area contributed by atoms with Gasteiger partial charge in [-0.1, -0.05) is 41.1 Å². The summed E-state index contributed by atoms with van der Waals surface area (Å²) >= 11 is 3.41. The predicted molar refractivity (Wildman–Crippen MR) is 130 cm³/mol. The fourth-order valence-electron chi connectivity index (χ4n) is 4.03. The van der Waals surface area contributed by atoms with Gasteiger partial charge in [-0.15, -0.1) is 6.42 Å². The zero-order chi connectivity index (χ0) is 23.4. The van der Waals surface area contributed by atoms with Crippen molar-refractivity contribution in [1.82, 2.24) is 9.66 Å². The number of ether oxygens (including phenoxy) is 1. The summed E-state index contributed by atoms with van der Waals surface area (Å²) < 4.78 is 7.35. The van der Waals surface area contributed by atoms with E-state index in [1.54, 1.807) is 12.1 Å². The van der Waals surface area contributed by atoms with Crippen LogP contribution in [-0.2, 0) is 0 Å². The van der Waals surface area contributed by atoms with Crippen molar-refractivity contribution >= 4 is 38.7 Å². The smallest absolute Gasteiger partial charge is 0.311 e. The van der Waals surface area contributed by atoms with E-state index < -0.39 is 4.92 Å². The average molecular weight is 509 g/mol. The predicted octanol–water partition coefficient (Wildman–Crippen LogP) is 5.01. The lowest BCUT2D eigenvalue weighted by molar-refractivity contribution is -0.385. The topological polar surface area (TPSA) is 99.6 Å². The fourth-order valence-corrected chi connectivity index (χ4v) is 4.39. The molecule has 1 aromatic heterocycles. The van der Waals surface area contributed by atoms with Crippen molar-refractivity contribution in [3.8, 4) is 18.1 Å². The molecular formula is C24H21BrN4O4. The van der Waals surface area contributed by atoms with E-state index >= 15 is 0 Å². The highest BCUT2D eigenvalue weighted by Crippen LogP contribution is 2.32. The molecule has 8 nitrogen and oxygen atoms in total. The summed E-state index contributed by atoms with van der Waals surface area (Å²) in [7, 11) is 0. The molecule has 0 aliphatic heterocycles. The number of nitro benzene ring substituents is 1. The molecule has 0 radical (unpaired) electrons. The molecule has 1 aliphatic rings. The van der Waals surface area contributed by atoms with Crippen molar-refractivity contribution in [2.75, 3.05) is 6.61 Å². The van der Waals surface area contributed by atoms with Crippen LogP contribution in [0.4, 0.5) is 5.69 Å². The Morgan fingerprint density at radius 3 is 2.79 bits per heavy atom. The number of hydrogen-bond donors (Lipinski definition) is 0. The van der Waals surface area contributed by atoms with Crippen molar-refractivity contribution in [2.24, 2.45) is 5.10 Å². The lowest BCUT2D eigenvalue weighted by Crippen LogP contribution is -2.25. The summed E-state index contributed by atoms with van der Waals surface area (Å²) in [5.74, 6) is 3.11. The number of benzene rings is 2. The fraction of sp³-hybridized carbons (Fsp3) is 0.292. The molecule has 1 aliphatic carbocycles. The molecule has 0 amide bonds. The van der Waals surface area contributed by atoms with Crippen molar-refractivity contribution in [1.29, 1.82) is 0 Å². The monoisotopic (exact) mass is 508 g/mol. The van der Waals surface area contributed by atoms with E-state index in [4.69, 9.17) is 16.1 Å². The van der Waals surface area contributed by atoms with Gasteiger partial charge in [0, 0.05) is 22.0 Å². The molecule has 168 valence electrons. The third-order valence-corrected chi connectivity index (χ3v) is 6.11. The minimum Gasteiger partial charge on any atom is -0.474 e. The first kappa shape index (κ1) is 22.7. The van der Waals surface area contributed by atoms with Crippen LogP contribution in [-0.4, -0.2) is 27.4 Å². The van der Waals surface area contributed by atoms with Crippen LogP contribution >= 0.6 is 15.9 Å². The van der Waals surface area contributed by atoms with Crippen molar-refractivity contribution in [2.45, 2.75) is 38.0 Å². The molecule has 0 spiro atoms. The van der Waals surface area contributed by atoms with Gasteiger partial charge >= 0.3 is 5.69 Å². The minimum atomic E-state index is -0.544. The summed E-state index contributed by atoms with van der Waals surface area (Å²) in [6, 6.07) is 9.83. The van der Waals surface area contributed by atoms with Gasteiger partial charge in [-0.05, 0) is 43.2 Å². The van der Waals surface area contributed by atoms with Gasteiger partial charge in [-0.2, -0.15) is 9.78 Å². The van der Waals surface area contributed by atoms with Gasteiger partial charge in [0.25, 0.3) is 5.56 Å². The number of hydrogen-bond acceptors (Lipinski definition) is 6. The molecule has 0 unspecified atom stereocenters. The molecule has 1 heterocycles. The van der Waals surface area contributed by atoms with E-state index in [9.17, 15) is 14.9 Å². The van der Waals surface area contributed by atoms with Crippen LogP contribution < -0.4 is 10.3 Å².